The third-order valence-electron chi connectivity index (χ3n) is 2.95. The smallest absolute Gasteiger partial charge is 0.0927 e. The van der Waals surface area contributed by atoms with Crippen LogP contribution in [0.4, 0.5) is 0 Å². The molecule has 1 aromatic rings. The second-order valence-electron chi connectivity index (χ2n) is 4.15. The highest BCUT2D eigenvalue weighted by Gasteiger charge is 2.35. The van der Waals surface area contributed by atoms with Gasteiger partial charge in [-0.1, -0.05) is 23.8 Å². The molecule has 70 valence electrons. The molecule has 0 saturated carbocycles. The molecule has 0 aliphatic carbocycles. The van der Waals surface area contributed by atoms with Gasteiger partial charge in [-0.05, 0) is 31.9 Å². The number of aryl methyl sites for hydroxylation is 2. The van der Waals surface area contributed by atoms with Gasteiger partial charge in [0.15, 0.2) is 0 Å². The fourth-order valence-electron chi connectivity index (χ4n) is 2.03. The minimum atomic E-state index is -0.00220. The highest BCUT2D eigenvalue weighted by atomic mass is 16.5. The molecule has 1 fully saturated rings. The van der Waals surface area contributed by atoms with Gasteiger partial charge in [0.1, 0.15) is 0 Å². The highest BCUT2D eigenvalue weighted by Crippen LogP contribution is 2.38. The van der Waals surface area contributed by atoms with Crippen LogP contribution >= 0.6 is 0 Å². The summed E-state index contributed by atoms with van der Waals surface area (Å²) in [4.78, 5) is 0. The van der Waals surface area contributed by atoms with E-state index < -0.39 is 0 Å². The summed E-state index contributed by atoms with van der Waals surface area (Å²) in [6.45, 7) is 7.37. The lowest BCUT2D eigenvalue weighted by Crippen LogP contribution is -2.38. The Balaban J connectivity index is 2.40. The van der Waals surface area contributed by atoms with Crippen LogP contribution in [0.1, 0.15) is 30.0 Å². The summed E-state index contributed by atoms with van der Waals surface area (Å²) < 4.78 is 5.62. The van der Waals surface area contributed by atoms with E-state index >= 15 is 0 Å². The second-order valence-corrected chi connectivity index (χ2v) is 4.15. The molecule has 1 saturated heterocycles. The minimum Gasteiger partial charge on any atom is -0.370 e. The van der Waals surface area contributed by atoms with E-state index in [1.807, 2.05) is 0 Å². The van der Waals surface area contributed by atoms with Gasteiger partial charge in [0.05, 0.1) is 12.2 Å². The summed E-state index contributed by atoms with van der Waals surface area (Å²) in [6, 6.07) is 6.58. The lowest BCUT2D eigenvalue weighted by molar-refractivity contribution is -0.141. The lowest BCUT2D eigenvalue weighted by Gasteiger charge is -2.40. The molecule has 13 heavy (non-hydrogen) atoms. The number of hydrogen-bond donors (Lipinski definition) is 0. The maximum Gasteiger partial charge on any atom is 0.0927 e. The Bertz CT molecular complexity index is 324. The second kappa shape index (κ2) is 2.85. The van der Waals surface area contributed by atoms with Crippen molar-refractivity contribution >= 4 is 0 Å². The maximum absolute atomic E-state index is 5.62. The van der Waals surface area contributed by atoms with E-state index in [4.69, 9.17) is 4.74 Å². The summed E-state index contributed by atoms with van der Waals surface area (Å²) in [7, 11) is 0. The van der Waals surface area contributed by atoms with Gasteiger partial charge in [0, 0.05) is 6.42 Å². The van der Waals surface area contributed by atoms with Crippen molar-refractivity contribution in [3.8, 4) is 0 Å². The Morgan fingerprint density at radius 3 is 2.46 bits per heavy atom. The van der Waals surface area contributed by atoms with Gasteiger partial charge in [-0.15, -0.1) is 0 Å². The molecule has 1 aromatic carbocycles. The fraction of sp³-hybridized carbons (Fsp3) is 0.500. The molecule has 1 heteroatoms. The average Bonchev–Trinajstić information content (AvgIpc) is 2.00. The van der Waals surface area contributed by atoms with Gasteiger partial charge in [-0.2, -0.15) is 0 Å². The molecular weight excluding hydrogens is 160 g/mol. The zero-order valence-corrected chi connectivity index (χ0v) is 8.55. The van der Waals surface area contributed by atoms with Gasteiger partial charge < -0.3 is 4.74 Å². The zero-order valence-electron chi connectivity index (χ0n) is 8.55. The molecular formula is C12H16O. The van der Waals surface area contributed by atoms with Crippen molar-refractivity contribution in [1.82, 2.24) is 0 Å². The van der Waals surface area contributed by atoms with E-state index in [0.29, 0.717) is 0 Å². The van der Waals surface area contributed by atoms with Crippen molar-refractivity contribution in [2.45, 2.75) is 32.8 Å². The summed E-state index contributed by atoms with van der Waals surface area (Å²) in [5.74, 6) is 0. The van der Waals surface area contributed by atoms with Crippen LogP contribution < -0.4 is 0 Å². The fourth-order valence-corrected chi connectivity index (χ4v) is 2.03. The third-order valence-corrected chi connectivity index (χ3v) is 2.95. The lowest BCUT2D eigenvalue weighted by atomic mass is 9.85. The van der Waals surface area contributed by atoms with Gasteiger partial charge in [-0.3, -0.25) is 0 Å². The van der Waals surface area contributed by atoms with Crippen molar-refractivity contribution in [2.24, 2.45) is 0 Å². The molecule has 0 amide bonds. The van der Waals surface area contributed by atoms with Gasteiger partial charge in [0.25, 0.3) is 0 Å². The SMILES string of the molecule is Cc1ccc(C2(C)CCO2)c(C)c1. The predicted octanol–water partition coefficient (Wildman–Crippen LogP) is 2.94. The first kappa shape index (κ1) is 8.76. The monoisotopic (exact) mass is 176 g/mol. The van der Waals surface area contributed by atoms with Crippen molar-refractivity contribution in [2.75, 3.05) is 6.61 Å². The number of rotatable bonds is 1. The van der Waals surface area contributed by atoms with Gasteiger partial charge >= 0.3 is 0 Å². The summed E-state index contributed by atoms with van der Waals surface area (Å²) in [5.41, 5.74) is 4.02. The van der Waals surface area contributed by atoms with Crippen molar-refractivity contribution in [3.63, 3.8) is 0 Å². The van der Waals surface area contributed by atoms with E-state index in [0.717, 1.165) is 13.0 Å². The normalized spacial score (nSPS) is 27.0. The van der Waals surface area contributed by atoms with Crippen LogP contribution in [-0.4, -0.2) is 6.61 Å². The molecule has 0 radical (unpaired) electrons. The topological polar surface area (TPSA) is 9.23 Å². The molecule has 1 atom stereocenters. The van der Waals surface area contributed by atoms with Crippen LogP contribution in [0.3, 0.4) is 0 Å². The Kier molecular flexibility index (Phi) is 1.92. The molecule has 0 aromatic heterocycles. The van der Waals surface area contributed by atoms with E-state index in [-0.39, 0.29) is 5.60 Å². The molecule has 1 heterocycles. The highest BCUT2D eigenvalue weighted by molar-refractivity contribution is 5.35. The zero-order chi connectivity index (χ0) is 9.47. The van der Waals surface area contributed by atoms with Gasteiger partial charge in [-0.25, -0.2) is 0 Å². The Hall–Kier alpha value is -0.820. The van der Waals surface area contributed by atoms with Crippen molar-refractivity contribution in [1.29, 1.82) is 0 Å². The quantitative estimate of drug-likeness (QED) is 0.639. The molecule has 2 rings (SSSR count). The molecule has 1 nitrogen and oxygen atoms in total. The molecule has 1 aliphatic heterocycles. The third kappa shape index (κ3) is 1.37. The van der Waals surface area contributed by atoms with E-state index in [1.165, 1.54) is 16.7 Å². The minimum absolute atomic E-state index is 0.00220. The molecule has 0 bridgehead atoms. The molecule has 0 spiro atoms. The summed E-state index contributed by atoms with van der Waals surface area (Å²) in [5, 5.41) is 0. The van der Waals surface area contributed by atoms with Crippen molar-refractivity contribution < 1.29 is 4.74 Å². The Morgan fingerprint density at radius 2 is 2.00 bits per heavy atom. The average molecular weight is 176 g/mol. The van der Waals surface area contributed by atoms with E-state index in [9.17, 15) is 0 Å². The van der Waals surface area contributed by atoms with E-state index in [1.54, 1.807) is 0 Å². The van der Waals surface area contributed by atoms with Gasteiger partial charge in [0.2, 0.25) is 0 Å². The summed E-state index contributed by atoms with van der Waals surface area (Å²) in [6.07, 6.45) is 1.15. The molecule has 0 N–H and O–H groups in total. The Labute approximate surface area is 79.7 Å². The van der Waals surface area contributed by atoms with Crippen LogP contribution in [0.15, 0.2) is 18.2 Å². The van der Waals surface area contributed by atoms with Crippen LogP contribution in [0.5, 0.6) is 0 Å². The largest absolute Gasteiger partial charge is 0.370 e. The molecule has 1 unspecified atom stereocenters. The Morgan fingerprint density at radius 1 is 1.31 bits per heavy atom. The first-order valence-electron chi connectivity index (χ1n) is 4.83. The van der Waals surface area contributed by atoms with E-state index in [2.05, 4.69) is 39.0 Å². The predicted molar refractivity (Wildman–Crippen MR) is 53.8 cm³/mol. The standard InChI is InChI=1S/C12H16O/c1-9-4-5-11(10(2)8-9)12(3)6-7-13-12/h4-5,8H,6-7H2,1-3H3. The van der Waals surface area contributed by atoms with Crippen LogP contribution in [-0.2, 0) is 10.3 Å². The molecule has 1 aliphatic rings. The number of hydrogen-bond acceptors (Lipinski definition) is 1. The van der Waals surface area contributed by atoms with Crippen molar-refractivity contribution in [3.05, 3.63) is 34.9 Å². The maximum atomic E-state index is 5.62. The van der Waals surface area contributed by atoms with Crippen LogP contribution in [0, 0.1) is 13.8 Å². The number of benzene rings is 1. The van der Waals surface area contributed by atoms with Crippen LogP contribution in [0.25, 0.3) is 0 Å². The van der Waals surface area contributed by atoms with Crippen LogP contribution in [0.2, 0.25) is 0 Å². The number of ether oxygens (including phenoxy) is 1. The first-order valence-corrected chi connectivity index (χ1v) is 4.83. The first-order chi connectivity index (χ1) is 6.12. The summed E-state index contributed by atoms with van der Waals surface area (Å²) >= 11 is 0.